The van der Waals surface area contributed by atoms with Gasteiger partial charge < -0.3 is 9.47 Å². The second-order valence-corrected chi connectivity index (χ2v) is 5.16. The zero-order chi connectivity index (χ0) is 16.8. The first-order chi connectivity index (χ1) is 11.0. The second-order valence-electron chi connectivity index (χ2n) is 5.16. The van der Waals surface area contributed by atoms with Crippen LogP contribution in [0.4, 0.5) is 14.9 Å². The lowest BCUT2D eigenvalue weighted by Crippen LogP contribution is -2.13. The first kappa shape index (κ1) is 16.8. The van der Waals surface area contributed by atoms with Crippen LogP contribution in [0.15, 0.2) is 36.4 Å². The molecular formula is C18H20FNO3. The summed E-state index contributed by atoms with van der Waals surface area (Å²) in [4.78, 5) is 11.3. The fraction of sp³-hybridized carbons (Fsp3) is 0.278. The van der Waals surface area contributed by atoms with Gasteiger partial charge in [0.25, 0.3) is 0 Å². The van der Waals surface area contributed by atoms with Crippen LogP contribution in [0.5, 0.6) is 5.75 Å². The van der Waals surface area contributed by atoms with Gasteiger partial charge in [-0.3, -0.25) is 5.32 Å². The lowest BCUT2D eigenvalue weighted by atomic mass is 10.1. The second kappa shape index (κ2) is 7.63. The molecule has 0 radical (unpaired) electrons. The normalized spacial score (nSPS) is 10.3. The standard InChI is InChI=1S/C18H20FNO3/c1-4-13-5-8-17(12(2)9-13)23-11-14-10-15(19)6-7-16(14)20-18(21)22-3/h5-10H,4,11H2,1-3H3,(H,20,21). The molecule has 122 valence electrons. The predicted molar refractivity (Wildman–Crippen MR) is 87.3 cm³/mol. The maximum Gasteiger partial charge on any atom is 0.411 e. The van der Waals surface area contributed by atoms with Crippen LogP contribution >= 0.6 is 0 Å². The number of benzene rings is 2. The van der Waals surface area contributed by atoms with Gasteiger partial charge in [-0.05, 0) is 48.7 Å². The van der Waals surface area contributed by atoms with Gasteiger partial charge in [-0.15, -0.1) is 0 Å². The molecule has 2 aromatic rings. The van der Waals surface area contributed by atoms with Gasteiger partial charge in [0.05, 0.1) is 12.8 Å². The lowest BCUT2D eigenvalue weighted by Gasteiger charge is -2.14. The smallest absolute Gasteiger partial charge is 0.411 e. The molecule has 0 aromatic heterocycles. The maximum atomic E-state index is 13.5. The average Bonchev–Trinajstić information content (AvgIpc) is 2.55. The Balaban J connectivity index is 2.16. The summed E-state index contributed by atoms with van der Waals surface area (Å²) in [6.45, 7) is 4.20. The third-order valence-electron chi connectivity index (χ3n) is 3.52. The SMILES string of the molecule is CCc1ccc(OCc2cc(F)ccc2NC(=O)OC)c(C)c1. The van der Waals surface area contributed by atoms with Crippen molar-refractivity contribution in [3.05, 3.63) is 58.9 Å². The molecule has 2 aromatic carbocycles. The van der Waals surface area contributed by atoms with E-state index in [-0.39, 0.29) is 6.61 Å². The third-order valence-corrected chi connectivity index (χ3v) is 3.52. The Kier molecular flexibility index (Phi) is 5.57. The zero-order valence-electron chi connectivity index (χ0n) is 13.5. The molecule has 1 N–H and O–H groups in total. The molecule has 5 heteroatoms. The average molecular weight is 317 g/mol. The number of carbonyl (C=O) groups is 1. The molecule has 0 bridgehead atoms. The number of carbonyl (C=O) groups excluding carboxylic acids is 1. The molecule has 1 amide bonds. The van der Waals surface area contributed by atoms with E-state index < -0.39 is 11.9 Å². The molecule has 4 nitrogen and oxygen atoms in total. The van der Waals surface area contributed by atoms with Crippen molar-refractivity contribution in [2.24, 2.45) is 0 Å². The number of nitrogens with one attached hydrogen (secondary N) is 1. The van der Waals surface area contributed by atoms with E-state index in [9.17, 15) is 9.18 Å². The number of anilines is 1. The summed E-state index contributed by atoms with van der Waals surface area (Å²) in [5, 5.41) is 2.55. The maximum absolute atomic E-state index is 13.5. The van der Waals surface area contributed by atoms with E-state index in [2.05, 4.69) is 23.0 Å². The molecule has 0 fully saturated rings. The Labute approximate surface area is 135 Å². The number of rotatable bonds is 5. The molecule has 0 spiro atoms. The van der Waals surface area contributed by atoms with Gasteiger partial charge in [0, 0.05) is 5.56 Å². The summed E-state index contributed by atoms with van der Waals surface area (Å²) >= 11 is 0. The molecule has 0 aliphatic carbocycles. The van der Waals surface area contributed by atoms with Gasteiger partial charge in [-0.25, -0.2) is 9.18 Å². The van der Waals surface area contributed by atoms with E-state index in [1.807, 2.05) is 19.1 Å². The Bertz CT molecular complexity index is 701. The highest BCUT2D eigenvalue weighted by Crippen LogP contribution is 2.23. The first-order valence-corrected chi connectivity index (χ1v) is 7.39. The van der Waals surface area contributed by atoms with Crippen molar-refractivity contribution < 1.29 is 18.7 Å². The van der Waals surface area contributed by atoms with Crippen LogP contribution in [0.1, 0.15) is 23.6 Å². The first-order valence-electron chi connectivity index (χ1n) is 7.39. The Morgan fingerprint density at radius 2 is 2.00 bits per heavy atom. The van der Waals surface area contributed by atoms with Crippen molar-refractivity contribution in [2.75, 3.05) is 12.4 Å². The van der Waals surface area contributed by atoms with Crippen LogP contribution in [0.2, 0.25) is 0 Å². The minimum absolute atomic E-state index is 0.142. The molecular weight excluding hydrogens is 297 g/mol. The van der Waals surface area contributed by atoms with Gasteiger partial charge in [0.1, 0.15) is 18.2 Å². The molecule has 0 atom stereocenters. The fourth-order valence-corrected chi connectivity index (χ4v) is 2.21. The predicted octanol–water partition coefficient (Wildman–Crippen LogP) is 4.45. The quantitative estimate of drug-likeness (QED) is 0.886. The Morgan fingerprint density at radius 3 is 2.65 bits per heavy atom. The fourth-order valence-electron chi connectivity index (χ4n) is 2.21. The molecule has 0 aliphatic rings. The molecule has 0 saturated heterocycles. The van der Waals surface area contributed by atoms with E-state index in [0.717, 1.165) is 17.7 Å². The molecule has 0 saturated carbocycles. The number of halogens is 1. The molecule has 23 heavy (non-hydrogen) atoms. The zero-order valence-corrected chi connectivity index (χ0v) is 13.5. The Morgan fingerprint density at radius 1 is 1.22 bits per heavy atom. The van der Waals surface area contributed by atoms with Gasteiger partial charge in [0.15, 0.2) is 0 Å². The highest BCUT2D eigenvalue weighted by Gasteiger charge is 2.10. The van der Waals surface area contributed by atoms with Crippen molar-refractivity contribution in [3.8, 4) is 5.75 Å². The monoisotopic (exact) mass is 317 g/mol. The van der Waals surface area contributed by atoms with E-state index in [4.69, 9.17) is 4.74 Å². The summed E-state index contributed by atoms with van der Waals surface area (Å²) in [6, 6.07) is 10.1. The van der Waals surface area contributed by atoms with Crippen LogP contribution < -0.4 is 10.1 Å². The van der Waals surface area contributed by atoms with Crippen LogP contribution in [0, 0.1) is 12.7 Å². The summed E-state index contributed by atoms with van der Waals surface area (Å²) in [5.74, 6) is 0.340. The number of methoxy groups -OCH3 is 1. The van der Waals surface area contributed by atoms with E-state index in [1.54, 1.807) is 0 Å². The van der Waals surface area contributed by atoms with E-state index in [0.29, 0.717) is 11.3 Å². The van der Waals surface area contributed by atoms with Crippen molar-refractivity contribution in [2.45, 2.75) is 26.9 Å². The number of aryl methyl sites for hydroxylation is 2. The molecule has 2 rings (SSSR count). The highest BCUT2D eigenvalue weighted by atomic mass is 19.1. The summed E-state index contributed by atoms with van der Waals surface area (Å²) in [5.41, 5.74) is 3.24. The number of ether oxygens (including phenoxy) is 2. The van der Waals surface area contributed by atoms with Crippen molar-refractivity contribution in [1.82, 2.24) is 0 Å². The largest absolute Gasteiger partial charge is 0.489 e. The van der Waals surface area contributed by atoms with Crippen molar-refractivity contribution in [3.63, 3.8) is 0 Å². The summed E-state index contributed by atoms with van der Waals surface area (Å²) < 4.78 is 23.8. The van der Waals surface area contributed by atoms with Gasteiger partial charge in [-0.2, -0.15) is 0 Å². The van der Waals surface area contributed by atoms with E-state index >= 15 is 0 Å². The lowest BCUT2D eigenvalue weighted by molar-refractivity contribution is 0.187. The summed E-state index contributed by atoms with van der Waals surface area (Å²) in [7, 11) is 1.27. The summed E-state index contributed by atoms with van der Waals surface area (Å²) in [6.07, 6.45) is 0.347. The molecule has 0 heterocycles. The van der Waals surface area contributed by atoms with Crippen LogP contribution in [0.25, 0.3) is 0 Å². The van der Waals surface area contributed by atoms with Crippen molar-refractivity contribution in [1.29, 1.82) is 0 Å². The van der Waals surface area contributed by atoms with Gasteiger partial charge in [0.2, 0.25) is 0 Å². The van der Waals surface area contributed by atoms with E-state index in [1.165, 1.54) is 30.9 Å². The molecule has 0 aliphatic heterocycles. The van der Waals surface area contributed by atoms with Gasteiger partial charge in [-0.1, -0.05) is 19.1 Å². The highest BCUT2D eigenvalue weighted by molar-refractivity contribution is 5.85. The molecule has 0 unspecified atom stereocenters. The minimum Gasteiger partial charge on any atom is -0.489 e. The Hall–Kier alpha value is -2.56. The van der Waals surface area contributed by atoms with Gasteiger partial charge >= 0.3 is 6.09 Å². The topological polar surface area (TPSA) is 47.6 Å². The number of hydrogen-bond donors (Lipinski definition) is 1. The third kappa shape index (κ3) is 4.45. The number of hydrogen-bond acceptors (Lipinski definition) is 3. The van der Waals surface area contributed by atoms with Crippen molar-refractivity contribution >= 4 is 11.8 Å². The number of amides is 1. The minimum atomic E-state index is -0.610. The van der Waals surface area contributed by atoms with Crippen LogP contribution in [-0.2, 0) is 17.8 Å². The van der Waals surface area contributed by atoms with Crippen LogP contribution in [-0.4, -0.2) is 13.2 Å². The van der Waals surface area contributed by atoms with Crippen LogP contribution in [0.3, 0.4) is 0 Å².